The van der Waals surface area contributed by atoms with Gasteiger partial charge in [0.2, 0.25) is 0 Å². The van der Waals surface area contributed by atoms with Crippen LogP contribution < -0.4 is 0 Å². The maximum Gasteiger partial charge on any atom is 0.115 e. The highest BCUT2D eigenvalue weighted by Crippen LogP contribution is 2.11. The smallest absolute Gasteiger partial charge is 0.115 e. The first-order valence-electron chi connectivity index (χ1n) is 4.68. The third-order valence-electron chi connectivity index (χ3n) is 1.96. The lowest BCUT2D eigenvalue weighted by Gasteiger charge is -2.07. The highest BCUT2D eigenvalue weighted by Gasteiger charge is 1.99. The van der Waals surface area contributed by atoms with Crippen molar-refractivity contribution in [3.63, 3.8) is 0 Å². The number of ether oxygens (including phenoxy) is 1. The molecule has 4 heteroatoms. The summed E-state index contributed by atoms with van der Waals surface area (Å²) in [5, 5.41) is 0. The van der Waals surface area contributed by atoms with Crippen LogP contribution in [0.5, 0.6) is 0 Å². The van der Waals surface area contributed by atoms with E-state index < -0.39 is 0 Å². The molecule has 1 unspecified atom stereocenters. The van der Waals surface area contributed by atoms with Gasteiger partial charge in [0, 0.05) is 19.1 Å². The molecular formula is C10H16N2OS. The Bertz CT molecular complexity index is 243. The van der Waals surface area contributed by atoms with Crippen LogP contribution >= 0.6 is 11.8 Å². The highest BCUT2D eigenvalue weighted by atomic mass is 32.2. The van der Waals surface area contributed by atoms with E-state index in [9.17, 15) is 0 Å². The molecule has 0 fully saturated rings. The molecule has 0 spiro atoms. The molecule has 0 amide bonds. The minimum Gasteiger partial charge on any atom is -0.382 e. The topological polar surface area (TPSA) is 35.0 Å². The average Bonchev–Trinajstić information content (AvgIpc) is 2.25. The molecule has 1 aromatic rings. The Hall–Kier alpha value is -0.610. The van der Waals surface area contributed by atoms with E-state index in [0.29, 0.717) is 6.10 Å². The minimum absolute atomic E-state index is 0.355. The van der Waals surface area contributed by atoms with Crippen LogP contribution in [0.25, 0.3) is 0 Å². The molecule has 0 radical (unpaired) electrons. The third kappa shape index (κ3) is 4.58. The molecule has 0 aliphatic rings. The van der Waals surface area contributed by atoms with Gasteiger partial charge < -0.3 is 4.74 Å². The number of hydrogen-bond acceptors (Lipinski definition) is 4. The Kier molecular flexibility index (Phi) is 5.56. The van der Waals surface area contributed by atoms with Gasteiger partial charge in [0.05, 0.1) is 11.8 Å². The zero-order valence-corrected chi connectivity index (χ0v) is 9.46. The van der Waals surface area contributed by atoms with Gasteiger partial charge in [-0.05, 0) is 25.2 Å². The van der Waals surface area contributed by atoms with E-state index in [1.807, 2.05) is 17.8 Å². The van der Waals surface area contributed by atoms with Crippen molar-refractivity contribution in [3.8, 4) is 0 Å². The van der Waals surface area contributed by atoms with Crippen molar-refractivity contribution in [3.05, 3.63) is 24.3 Å². The van der Waals surface area contributed by atoms with E-state index in [2.05, 4.69) is 16.9 Å². The number of methoxy groups -OCH3 is 1. The fraction of sp³-hybridized carbons (Fsp3) is 0.600. The summed E-state index contributed by atoms with van der Waals surface area (Å²) in [4.78, 5) is 8.03. The highest BCUT2D eigenvalue weighted by molar-refractivity contribution is 7.98. The number of nitrogens with zero attached hydrogens (tertiary/aromatic N) is 2. The van der Waals surface area contributed by atoms with Crippen LogP contribution in [0.15, 0.2) is 18.6 Å². The predicted octanol–water partition coefficient (Wildman–Crippen LogP) is 2.13. The van der Waals surface area contributed by atoms with Gasteiger partial charge in [0.1, 0.15) is 6.33 Å². The summed E-state index contributed by atoms with van der Waals surface area (Å²) >= 11 is 1.88. The first-order chi connectivity index (χ1) is 6.83. The molecule has 0 aliphatic heterocycles. The summed E-state index contributed by atoms with van der Waals surface area (Å²) in [6.07, 6.45) is 4.81. The van der Waals surface area contributed by atoms with E-state index >= 15 is 0 Å². The number of hydrogen-bond donors (Lipinski definition) is 0. The van der Waals surface area contributed by atoms with Crippen LogP contribution in [0.4, 0.5) is 0 Å². The summed E-state index contributed by atoms with van der Waals surface area (Å²) in [5.74, 6) is 2.07. The fourth-order valence-corrected chi connectivity index (χ4v) is 1.97. The molecule has 0 saturated carbocycles. The predicted molar refractivity (Wildman–Crippen MR) is 59.3 cm³/mol. The maximum atomic E-state index is 5.16. The van der Waals surface area contributed by atoms with Gasteiger partial charge in [0.25, 0.3) is 0 Å². The van der Waals surface area contributed by atoms with Crippen molar-refractivity contribution in [1.29, 1.82) is 0 Å². The van der Waals surface area contributed by atoms with Gasteiger partial charge in [0.15, 0.2) is 0 Å². The maximum absolute atomic E-state index is 5.16. The van der Waals surface area contributed by atoms with Gasteiger partial charge in [-0.15, -0.1) is 0 Å². The largest absolute Gasteiger partial charge is 0.382 e. The molecule has 1 aromatic heterocycles. The summed E-state index contributed by atoms with van der Waals surface area (Å²) in [5.41, 5.74) is 1.09. The van der Waals surface area contributed by atoms with Crippen molar-refractivity contribution in [2.75, 3.05) is 12.9 Å². The van der Waals surface area contributed by atoms with Crippen molar-refractivity contribution in [2.45, 2.75) is 25.2 Å². The molecule has 1 rings (SSSR count). The lowest BCUT2D eigenvalue weighted by atomic mass is 10.3. The Morgan fingerprint density at radius 3 is 3.07 bits per heavy atom. The molecule has 14 heavy (non-hydrogen) atoms. The van der Waals surface area contributed by atoms with Gasteiger partial charge in [-0.25, -0.2) is 9.97 Å². The van der Waals surface area contributed by atoms with Crippen LogP contribution in [0.1, 0.15) is 19.0 Å². The summed E-state index contributed by atoms with van der Waals surface area (Å²) in [6, 6.07) is 1.95. The summed E-state index contributed by atoms with van der Waals surface area (Å²) in [6.45, 7) is 2.09. The van der Waals surface area contributed by atoms with Crippen molar-refractivity contribution in [2.24, 2.45) is 0 Å². The van der Waals surface area contributed by atoms with Crippen LogP contribution in [0.2, 0.25) is 0 Å². The second-order valence-corrected chi connectivity index (χ2v) is 4.19. The minimum atomic E-state index is 0.355. The van der Waals surface area contributed by atoms with Gasteiger partial charge in [-0.3, -0.25) is 0 Å². The van der Waals surface area contributed by atoms with Crippen molar-refractivity contribution < 1.29 is 4.74 Å². The fourth-order valence-electron chi connectivity index (χ4n) is 0.947. The number of thioether (sulfide) groups is 1. The number of rotatable bonds is 6. The Balaban J connectivity index is 2.10. The standard InChI is InChI=1S/C10H16N2OS/c1-9(13-2)4-6-14-7-10-3-5-11-8-12-10/h3,5,8-9H,4,6-7H2,1-2H3. The zero-order chi connectivity index (χ0) is 10.2. The quantitative estimate of drug-likeness (QED) is 0.677. The molecule has 0 N–H and O–H groups in total. The van der Waals surface area contributed by atoms with Crippen LogP contribution in [0, 0.1) is 0 Å². The molecule has 0 saturated heterocycles. The monoisotopic (exact) mass is 212 g/mol. The molecule has 0 aromatic carbocycles. The van der Waals surface area contributed by atoms with Crippen molar-refractivity contribution in [1.82, 2.24) is 9.97 Å². The van der Waals surface area contributed by atoms with Crippen LogP contribution in [-0.4, -0.2) is 28.9 Å². The summed E-state index contributed by atoms with van der Waals surface area (Å²) in [7, 11) is 1.75. The van der Waals surface area contributed by atoms with E-state index in [4.69, 9.17) is 4.74 Å². The first-order valence-corrected chi connectivity index (χ1v) is 5.84. The zero-order valence-electron chi connectivity index (χ0n) is 8.64. The Labute approximate surface area is 89.3 Å². The van der Waals surface area contributed by atoms with Gasteiger partial charge in [-0.1, -0.05) is 0 Å². The Morgan fingerprint density at radius 1 is 1.57 bits per heavy atom. The Morgan fingerprint density at radius 2 is 2.43 bits per heavy atom. The van der Waals surface area contributed by atoms with Gasteiger partial charge >= 0.3 is 0 Å². The lowest BCUT2D eigenvalue weighted by molar-refractivity contribution is 0.116. The van der Waals surface area contributed by atoms with Crippen molar-refractivity contribution >= 4 is 11.8 Å². The van der Waals surface area contributed by atoms with Crippen LogP contribution in [-0.2, 0) is 10.5 Å². The third-order valence-corrected chi connectivity index (χ3v) is 2.99. The molecule has 1 atom stereocenters. The van der Waals surface area contributed by atoms with Crippen LogP contribution in [0.3, 0.4) is 0 Å². The second-order valence-electron chi connectivity index (χ2n) is 3.09. The molecule has 1 heterocycles. The van der Waals surface area contributed by atoms with E-state index in [1.54, 1.807) is 19.6 Å². The molecule has 78 valence electrons. The first kappa shape index (κ1) is 11.5. The van der Waals surface area contributed by atoms with E-state index in [0.717, 1.165) is 23.6 Å². The van der Waals surface area contributed by atoms with Gasteiger partial charge in [-0.2, -0.15) is 11.8 Å². The second kappa shape index (κ2) is 6.79. The normalized spacial score (nSPS) is 12.7. The molecule has 0 bridgehead atoms. The van der Waals surface area contributed by atoms with E-state index in [1.165, 1.54) is 0 Å². The molecule has 0 aliphatic carbocycles. The lowest BCUT2D eigenvalue weighted by Crippen LogP contribution is -2.05. The molecule has 3 nitrogen and oxygen atoms in total. The van der Waals surface area contributed by atoms with E-state index in [-0.39, 0.29) is 0 Å². The summed E-state index contributed by atoms with van der Waals surface area (Å²) < 4.78 is 5.16. The SMILES string of the molecule is COC(C)CCSCc1ccncn1. The average molecular weight is 212 g/mol. The number of aromatic nitrogens is 2. The molecular weight excluding hydrogens is 196 g/mol.